The van der Waals surface area contributed by atoms with E-state index in [0.717, 1.165) is 11.3 Å². The second-order valence-electron chi connectivity index (χ2n) is 4.94. The Labute approximate surface area is 120 Å². The molecule has 3 heteroatoms. The average molecular weight is 271 g/mol. The van der Waals surface area contributed by atoms with Crippen LogP contribution in [0, 0.1) is 0 Å². The van der Waals surface area contributed by atoms with Crippen LogP contribution in [-0.2, 0) is 0 Å². The van der Waals surface area contributed by atoms with E-state index in [4.69, 9.17) is 4.74 Å². The number of ether oxygens (including phenoxy) is 1. The minimum atomic E-state index is 0.0771. The lowest BCUT2D eigenvalue weighted by molar-refractivity contribution is 0.414. The Morgan fingerprint density at radius 1 is 0.950 bits per heavy atom. The fraction of sp³-hybridized carbons (Fsp3) is 0.294. The zero-order chi connectivity index (χ0) is 14.5. The number of phenolic OH excluding ortho intramolecular Hbond substituents is 1. The molecule has 0 heterocycles. The van der Waals surface area contributed by atoms with Crippen LogP contribution in [0.2, 0.25) is 0 Å². The van der Waals surface area contributed by atoms with Crippen molar-refractivity contribution in [3.8, 4) is 11.5 Å². The van der Waals surface area contributed by atoms with Gasteiger partial charge in [0.1, 0.15) is 11.5 Å². The number of hydrogen-bond donors (Lipinski definition) is 2. The first kappa shape index (κ1) is 14.4. The first-order valence-corrected chi connectivity index (χ1v) is 6.79. The molecule has 0 aliphatic carbocycles. The Balaban J connectivity index is 2.06. The fourth-order valence-electron chi connectivity index (χ4n) is 2.31. The van der Waals surface area contributed by atoms with Crippen molar-refractivity contribution in [1.29, 1.82) is 0 Å². The van der Waals surface area contributed by atoms with Crippen molar-refractivity contribution < 1.29 is 9.84 Å². The van der Waals surface area contributed by atoms with E-state index in [0.29, 0.717) is 5.75 Å². The number of rotatable bonds is 5. The second-order valence-corrected chi connectivity index (χ2v) is 4.94. The summed E-state index contributed by atoms with van der Waals surface area (Å²) in [7, 11) is 1.66. The number of aromatic hydroxyl groups is 1. The highest BCUT2D eigenvalue weighted by atomic mass is 16.5. The SMILES string of the molecule is COc1ccc([C@@H](C)NC(C)c2ccccc2O)cc1. The van der Waals surface area contributed by atoms with Crippen LogP contribution in [-0.4, -0.2) is 12.2 Å². The van der Waals surface area contributed by atoms with Gasteiger partial charge in [-0.25, -0.2) is 0 Å². The molecule has 20 heavy (non-hydrogen) atoms. The molecule has 0 spiro atoms. The molecule has 0 aromatic heterocycles. The molecule has 0 radical (unpaired) electrons. The summed E-state index contributed by atoms with van der Waals surface area (Å²) >= 11 is 0. The highest BCUT2D eigenvalue weighted by molar-refractivity contribution is 5.35. The second kappa shape index (κ2) is 6.44. The summed E-state index contributed by atoms with van der Waals surface area (Å²) in [5, 5.41) is 13.4. The quantitative estimate of drug-likeness (QED) is 0.868. The standard InChI is InChI=1S/C17H21NO2/c1-12(14-8-10-15(20-3)11-9-14)18-13(2)16-6-4-5-7-17(16)19/h4-13,18-19H,1-3H3/t12-,13?/m1/s1. The number of phenols is 1. The highest BCUT2D eigenvalue weighted by Crippen LogP contribution is 2.26. The lowest BCUT2D eigenvalue weighted by atomic mass is 10.0. The van der Waals surface area contributed by atoms with E-state index in [1.54, 1.807) is 13.2 Å². The van der Waals surface area contributed by atoms with Gasteiger partial charge in [0.25, 0.3) is 0 Å². The van der Waals surface area contributed by atoms with Gasteiger partial charge in [0, 0.05) is 17.6 Å². The van der Waals surface area contributed by atoms with Crippen LogP contribution >= 0.6 is 0 Å². The Hall–Kier alpha value is -2.00. The van der Waals surface area contributed by atoms with E-state index >= 15 is 0 Å². The third-order valence-corrected chi connectivity index (χ3v) is 3.52. The summed E-state index contributed by atoms with van der Waals surface area (Å²) in [6.45, 7) is 4.16. The van der Waals surface area contributed by atoms with Crippen molar-refractivity contribution in [1.82, 2.24) is 5.32 Å². The Morgan fingerprint density at radius 2 is 1.60 bits per heavy atom. The summed E-state index contributed by atoms with van der Waals surface area (Å²) in [6.07, 6.45) is 0. The Bertz CT molecular complexity index is 551. The Kier molecular flexibility index (Phi) is 4.64. The van der Waals surface area contributed by atoms with Crippen LogP contribution in [0.3, 0.4) is 0 Å². The third kappa shape index (κ3) is 3.31. The summed E-state index contributed by atoms with van der Waals surface area (Å²) in [5.74, 6) is 1.18. The van der Waals surface area contributed by atoms with Gasteiger partial charge in [-0.05, 0) is 37.6 Å². The summed E-state index contributed by atoms with van der Waals surface area (Å²) in [6, 6.07) is 15.7. The molecule has 2 rings (SSSR count). The third-order valence-electron chi connectivity index (χ3n) is 3.52. The predicted molar refractivity (Wildman–Crippen MR) is 81.1 cm³/mol. The molecular formula is C17H21NO2. The van der Waals surface area contributed by atoms with E-state index in [2.05, 4.69) is 19.2 Å². The van der Waals surface area contributed by atoms with Gasteiger partial charge in [0.15, 0.2) is 0 Å². The molecule has 106 valence electrons. The molecule has 0 aliphatic rings. The maximum Gasteiger partial charge on any atom is 0.120 e. The fourth-order valence-corrected chi connectivity index (χ4v) is 2.31. The van der Waals surface area contributed by atoms with E-state index < -0.39 is 0 Å². The molecule has 1 unspecified atom stereocenters. The zero-order valence-electron chi connectivity index (χ0n) is 12.1. The number of benzene rings is 2. The van der Waals surface area contributed by atoms with Crippen LogP contribution < -0.4 is 10.1 Å². The molecule has 0 amide bonds. The number of hydrogen-bond acceptors (Lipinski definition) is 3. The first-order chi connectivity index (χ1) is 9.61. The maximum atomic E-state index is 9.88. The van der Waals surface area contributed by atoms with Gasteiger partial charge in [-0.15, -0.1) is 0 Å². The van der Waals surface area contributed by atoms with Crippen molar-refractivity contribution in [2.24, 2.45) is 0 Å². The molecular weight excluding hydrogens is 250 g/mol. The van der Waals surface area contributed by atoms with Crippen molar-refractivity contribution in [3.63, 3.8) is 0 Å². The average Bonchev–Trinajstić information content (AvgIpc) is 2.47. The van der Waals surface area contributed by atoms with E-state index in [9.17, 15) is 5.11 Å². The van der Waals surface area contributed by atoms with E-state index in [1.165, 1.54) is 5.56 Å². The van der Waals surface area contributed by atoms with Crippen LogP contribution in [0.4, 0.5) is 0 Å². The van der Waals surface area contributed by atoms with Crippen LogP contribution in [0.25, 0.3) is 0 Å². The highest BCUT2D eigenvalue weighted by Gasteiger charge is 2.13. The van der Waals surface area contributed by atoms with Crippen molar-refractivity contribution in [2.45, 2.75) is 25.9 Å². The van der Waals surface area contributed by atoms with Gasteiger partial charge in [0.05, 0.1) is 7.11 Å². The van der Waals surface area contributed by atoms with Crippen molar-refractivity contribution >= 4 is 0 Å². The van der Waals surface area contributed by atoms with Gasteiger partial charge in [-0.1, -0.05) is 30.3 Å². The monoisotopic (exact) mass is 271 g/mol. The zero-order valence-corrected chi connectivity index (χ0v) is 12.1. The number of nitrogens with one attached hydrogen (secondary N) is 1. The number of methoxy groups -OCH3 is 1. The number of para-hydroxylation sites is 1. The topological polar surface area (TPSA) is 41.5 Å². The first-order valence-electron chi connectivity index (χ1n) is 6.79. The van der Waals surface area contributed by atoms with E-state index in [-0.39, 0.29) is 12.1 Å². The summed E-state index contributed by atoms with van der Waals surface area (Å²) in [4.78, 5) is 0. The lowest BCUT2D eigenvalue weighted by Gasteiger charge is -2.21. The molecule has 0 bridgehead atoms. The van der Waals surface area contributed by atoms with Crippen molar-refractivity contribution in [2.75, 3.05) is 7.11 Å². The van der Waals surface area contributed by atoms with Crippen molar-refractivity contribution in [3.05, 3.63) is 59.7 Å². The van der Waals surface area contributed by atoms with E-state index in [1.807, 2.05) is 42.5 Å². The molecule has 2 N–H and O–H groups in total. The minimum Gasteiger partial charge on any atom is -0.508 e. The lowest BCUT2D eigenvalue weighted by Crippen LogP contribution is -2.22. The van der Waals surface area contributed by atoms with Gasteiger partial charge < -0.3 is 15.2 Å². The smallest absolute Gasteiger partial charge is 0.120 e. The molecule has 2 atom stereocenters. The van der Waals surface area contributed by atoms with Gasteiger partial charge in [-0.2, -0.15) is 0 Å². The van der Waals surface area contributed by atoms with Gasteiger partial charge >= 0.3 is 0 Å². The molecule has 0 fully saturated rings. The van der Waals surface area contributed by atoms with Crippen LogP contribution in [0.5, 0.6) is 11.5 Å². The molecule has 0 saturated heterocycles. The molecule has 3 nitrogen and oxygen atoms in total. The van der Waals surface area contributed by atoms with Gasteiger partial charge in [0.2, 0.25) is 0 Å². The Morgan fingerprint density at radius 3 is 2.20 bits per heavy atom. The largest absolute Gasteiger partial charge is 0.508 e. The summed E-state index contributed by atoms with van der Waals surface area (Å²) in [5.41, 5.74) is 2.10. The van der Waals surface area contributed by atoms with Crippen LogP contribution in [0.15, 0.2) is 48.5 Å². The van der Waals surface area contributed by atoms with Gasteiger partial charge in [-0.3, -0.25) is 0 Å². The predicted octanol–water partition coefficient (Wildman–Crippen LogP) is 3.81. The molecule has 0 aliphatic heterocycles. The maximum absolute atomic E-state index is 9.88. The van der Waals surface area contributed by atoms with Crippen LogP contribution in [0.1, 0.15) is 37.1 Å². The minimum absolute atomic E-state index is 0.0771. The summed E-state index contributed by atoms with van der Waals surface area (Å²) < 4.78 is 5.16. The molecule has 0 saturated carbocycles. The normalized spacial score (nSPS) is 13.8. The molecule has 2 aromatic carbocycles. The molecule has 2 aromatic rings.